The van der Waals surface area contributed by atoms with Crippen LogP contribution in [0.25, 0.3) is 0 Å². The molecule has 1 aromatic heterocycles. The van der Waals surface area contributed by atoms with Crippen molar-refractivity contribution in [3.8, 4) is 0 Å². The third-order valence-corrected chi connectivity index (χ3v) is 4.75. The van der Waals surface area contributed by atoms with Crippen LogP contribution in [0.5, 0.6) is 0 Å². The van der Waals surface area contributed by atoms with Crippen molar-refractivity contribution in [1.29, 1.82) is 0 Å². The van der Waals surface area contributed by atoms with Crippen LogP contribution in [0.2, 0.25) is 0 Å². The Hall–Kier alpha value is 0.290. The standard InChI is InChI=1S/C10H16BrNOS2/c1-8(9-4-5-10(11)14-9)12-6-3-7-15(2)13/h4-5,8,12H,3,6-7H2,1-2H3. The van der Waals surface area contributed by atoms with E-state index in [1.807, 2.05) is 0 Å². The Balaban J connectivity index is 2.24. The summed E-state index contributed by atoms with van der Waals surface area (Å²) in [6.07, 6.45) is 2.72. The molecular formula is C10H16BrNOS2. The molecule has 86 valence electrons. The molecule has 1 N–H and O–H groups in total. The molecule has 1 aromatic rings. The zero-order valence-corrected chi connectivity index (χ0v) is 12.2. The highest BCUT2D eigenvalue weighted by molar-refractivity contribution is 9.11. The first-order chi connectivity index (χ1) is 7.09. The SMILES string of the molecule is CC(NCCCS(C)=O)c1ccc(Br)s1. The molecule has 5 heteroatoms. The van der Waals surface area contributed by atoms with Crippen LogP contribution >= 0.6 is 27.3 Å². The molecule has 0 saturated heterocycles. The molecule has 2 nitrogen and oxygen atoms in total. The van der Waals surface area contributed by atoms with Crippen LogP contribution in [0.3, 0.4) is 0 Å². The Morgan fingerprint density at radius 3 is 2.87 bits per heavy atom. The van der Waals surface area contributed by atoms with Gasteiger partial charge in [-0.2, -0.15) is 0 Å². The minimum atomic E-state index is -0.666. The first-order valence-electron chi connectivity index (χ1n) is 4.88. The molecule has 0 aliphatic heterocycles. The zero-order valence-electron chi connectivity index (χ0n) is 8.96. The summed E-state index contributed by atoms with van der Waals surface area (Å²) in [6.45, 7) is 3.08. The Labute approximate surface area is 106 Å². The lowest BCUT2D eigenvalue weighted by molar-refractivity contribution is 0.578. The van der Waals surface area contributed by atoms with E-state index in [1.54, 1.807) is 17.6 Å². The van der Waals surface area contributed by atoms with Crippen LogP contribution in [0.1, 0.15) is 24.3 Å². The third-order valence-electron chi connectivity index (χ3n) is 2.08. The van der Waals surface area contributed by atoms with Crippen LogP contribution in [-0.4, -0.2) is 22.8 Å². The number of nitrogens with one attached hydrogen (secondary N) is 1. The van der Waals surface area contributed by atoms with Crippen molar-refractivity contribution in [2.24, 2.45) is 0 Å². The second-order valence-corrected chi connectivity index (χ2v) is 7.50. The molecule has 15 heavy (non-hydrogen) atoms. The van der Waals surface area contributed by atoms with E-state index in [0.29, 0.717) is 6.04 Å². The average Bonchev–Trinajstić information content (AvgIpc) is 2.59. The maximum atomic E-state index is 10.8. The van der Waals surface area contributed by atoms with Crippen molar-refractivity contribution in [2.45, 2.75) is 19.4 Å². The highest BCUT2D eigenvalue weighted by atomic mass is 79.9. The van der Waals surface area contributed by atoms with Crippen molar-refractivity contribution in [1.82, 2.24) is 5.32 Å². The summed E-state index contributed by atoms with van der Waals surface area (Å²) >= 11 is 5.21. The molecular weight excluding hydrogens is 294 g/mol. The number of rotatable bonds is 6. The molecule has 0 saturated carbocycles. The van der Waals surface area contributed by atoms with E-state index < -0.39 is 10.8 Å². The summed E-state index contributed by atoms with van der Waals surface area (Å²) in [5.41, 5.74) is 0. The smallest absolute Gasteiger partial charge is 0.0701 e. The molecule has 0 aromatic carbocycles. The highest BCUT2D eigenvalue weighted by Crippen LogP contribution is 2.26. The van der Waals surface area contributed by atoms with Gasteiger partial charge in [0.25, 0.3) is 0 Å². The van der Waals surface area contributed by atoms with Gasteiger partial charge in [0.1, 0.15) is 0 Å². The van der Waals surface area contributed by atoms with E-state index in [9.17, 15) is 4.21 Å². The average molecular weight is 310 g/mol. The lowest BCUT2D eigenvalue weighted by Crippen LogP contribution is -2.20. The molecule has 1 heterocycles. The zero-order chi connectivity index (χ0) is 11.3. The lowest BCUT2D eigenvalue weighted by Gasteiger charge is -2.11. The van der Waals surface area contributed by atoms with Crippen molar-refractivity contribution in [2.75, 3.05) is 18.6 Å². The van der Waals surface area contributed by atoms with Crippen molar-refractivity contribution in [3.05, 3.63) is 20.8 Å². The highest BCUT2D eigenvalue weighted by Gasteiger charge is 2.06. The summed E-state index contributed by atoms with van der Waals surface area (Å²) in [6, 6.07) is 4.58. The van der Waals surface area contributed by atoms with E-state index in [0.717, 1.165) is 18.7 Å². The van der Waals surface area contributed by atoms with Crippen molar-refractivity contribution in [3.63, 3.8) is 0 Å². The van der Waals surface area contributed by atoms with Crippen LogP contribution in [0.4, 0.5) is 0 Å². The van der Waals surface area contributed by atoms with E-state index in [1.165, 1.54) is 8.66 Å². The topological polar surface area (TPSA) is 29.1 Å². The van der Waals surface area contributed by atoms with Gasteiger partial charge in [-0.1, -0.05) is 0 Å². The molecule has 1 rings (SSSR count). The molecule has 2 atom stereocenters. The predicted octanol–water partition coefficient (Wildman–Crippen LogP) is 2.93. The Kier molecular flexibility index (Phi) is 6.04. The van der Waals surface area contributed by atoms with Gasteiger partial charge in [0, 0.05) is 33.7 Å². The van der Waals surface area contributed by atoms with E-state index in [-0.39, 0.29) is 0 Å². The Morgan fingerprint density at radius 2 is 2.33 bits per heavy atom. The van der Waals surface area contributed by atoms with Gasteiger partial charge in [-0.25, -0.2) is 0 Å². The normalized spacial score (nSPS) is 15.1. The quantitative estimate of drug-likeness (QED) is 0.819. The molecule has 0 aliphatic rings. The lowest BCUT2D eigenvalue weighted by atomic mass is 10.2. The minimum absolute atomic E-state index is 0.381. The largest absolute Gasteiger partial charge is 0.309 e. The minimum Gasteiger partial charge on any atom is -0.309 e. The number of halogens is 1. The van der Waals surface area contributed by atoms with E-state index >= 15 is 0 Å². The summed E-state index contributed by atoms with van der Waals surface area (Å²) in [5, 5.41) is 3.42. The van der Waals surface area contributed by atoms with Crippen LogP contribution in [0, 0.1) is 0 Å². The van der Waals surface area contributed by atoms with Crippen LogP contribution in [0.15, 0.2) is 15.9 Å². The van der Waals surface area contributed by atoms with E-state index in [4.69, 9.17) is 0 Å². The van der Waals surface area contributed by atoms with Crippen LogP contribution < -0.4 is 5.32 Å². The molecule has 2 unspecified atom stereocenters. The van der Waals surface area contributed by atoms with Gasteiger partial charge in [-0.3, -0.25) is 4.21 Å². The third kappa shape index (κ3) is 5.24. The van der Waals surface area contributed by atoms with Gasteiger partial charge in [0.15, 0.2) is 0 Å². The van der Waals surface area contributed by atoms with Crippen molar-refractivity contribution < 1.29 is 4.21 Å². The Morgan fingerprint density at radius 1 is 1.60 bits per heavy atom. The molecule has 0 aliphatic carbocycles. The van der Waals surface area contributed by atoms with Gasteiger partial charge in [-0.05, 0) is 48.0 Å². The monoisotopic (exact) mass is 309 g/mol. The van der Waals surface area contributed by atoms with Crippen LogP contribution in [-0.2, 0) is 10.8 Å². The molecule has 0 spiro atoms. The van der Waals surface area contributed by atoms with Gasteiger partial charge >= 0.3 is 0 Å². The first-order valence-corrected chi connectivity index (χ1v) is 8.22. The van der Waals surface area contributed by atoms with Gasteiger partial charge < -0.3 is 5.32 Å². The summed E-state index contributed by atoms with van der Waals surface area (Å²) in [7, 11) is -0.666. The number of hydrogen-bond donors (Lipinski definition) is 1. The summed E-state index contributed by atoms with van der Waals surface area (Å²) in [5.74, 6) is 0.786. The Bertz CT molecular complexity index is 327. The first kappa shape index (κ1) is 13.4. The number of thiophene rings is 1. The summed E-state index contributed by atoms with van der Waals surface area (Å²) in [4.78, 5) is 1.33. The van der Waals surface area contributed by atoms with Gasteiger partial charge in [0.2, 0.25) is 0 Å². The summed E-state index contributed by atoms with van der Waals surface area (Å²) < 4.78 is 12.0. The molecule has 0 amide bonds. The maximum absolute atomic E-state index is 10.8. The van der Waals surface area contributed by atoms with E-state index in [2.05, 4.69) is 40.3 Å². The second kappa shape index (κ2) is 6.78. The number of hydrogen-bond acceptors (Lipinski definition) is 3. The van der Waals surface area contributed by atoms with Gasteiger partial charge in [-0.15, -0.1) is 11.3 Å². The molecule has 0 fully saturated rings. The fourth-order valence-electron chi connectivity index (χ4n) is 1.26. The predicted molar refractivity (Wildman–Crippen MR) is 72.0 cm³/mol. The molecule has 0 radical (unpaired) electrons. The second-order valence-electron chi connectivity index (χ2n) is 3.45. The van der Waals surface area contributed by atoms with Crippen molar-refractivity contribution >= 4 is 38.1 Å². The fraction of sp³-hybridized carbons (Fsp3) is 0.600. The fourth-order valence-corrected chi connectivity index (χ4v) is 3.26. The molecule has 0 bridgehead atoms. The van der Waals surface area contributed by atoms with Gasteiger partial charge in [0.05, 0.1) is 3.79 Å². The maximum Gasteiger partial charge on any atom is 0.0701 e.